The van der Waals surface area contributed by atoms with Crippen LogP contribution in [0.4, 0.5) is 10.5 Å². The number of hydrogen-bond acceptors (Lipinski definition) is 2. The maximum Gasteiger partial charge on any atom is 0.412 e. The van der Waals surface area contributed by atoms with Gasteiger partial charge >= 0.3 is 6.09 Å². The zero-order chi connectivity index (χ0) is 17.3. The fraction of sp³-hybridized carbons (Fsp3) is 0.526. The highest BCUT2D eigenvalue weighted by Gasteiger charge is 2.17. The molecule has 1 rings (SSSR count). The summed E-state index contributed by atoms with van der Waals surface area (Å²) in [5, 5.41) is 3.27. The molecule has 0 saturated heterocycles. The first-order chi connectivity index (χ1) is 10.8. The van der Waals surface area contributed by atoms with E-state index in [0.29, 0.717) is 10.7 Å². The fourth-order valence-corrected chi connectivity index (χ4v) is 2.11. The summed E-state index contributed by atoms with van der Waals surface area (Å²) < 4.78 is 5.27. The van der Waals surface area contributed by atoms with Crippen molar-refractivity contribution in [2.75, 3.05) is 5.32 Å². The van der Waals surface area contributed by atoms with E-state index in [1.54, 1.807) is 12.1 Å². The monoisotopic (exact) mass is 335 g/mol. The largest absolute Gasteiger partial charge is 0.444 e. The van der Waals surface area contributed by atoms with Crippen molar-refractivity contribution in [1.29, 1.82) is 0 Å². The van der Waals surface area contributed by atoms with Gasteiger partial charge < -0.3 is 4.74 Å². The van der Waals surface area contributed by atoms with Crippen LogP contribution in [-0.4, -0.2) is 11.7 Å². The first kappa shape index (κ1) is 19.4. The van der Waals surface area contributed by atoms with Gasteiger partial charge in [0.05, 0.1) is 5.69 Å². The molecule has 0 fully saturated rings. The molecule has 1 N–H and O–H groups in total. The number of rotatable bonds is 5. The second kappa shape index (κ2) is 9.47. The van der Waals surface area contributed by atoms with Crippen molar-refractivity contribution in [3.63, 3.8) is 0 Å². The highest BCUT2D eigenvalue weighted by atomic mass is 35.5. The van der Waals surface area contributed by atoms with Crippen LogP contribution in [0.2, 0.25) is 5.02 Å². The van der Waals surface area contributed by atoms with Gasteiger partial charge in [0, 0.05) is 17.0 Å². The third-order valence-corrected chi connectivity index (χ3v) is 3.23. The molecule has 0 saturated carbocycles. The van der Waals surface area contributed by atoms with Crippen LogP contribution in [0, 0.1) is 11.8 Å². The number of hydrogen-bond donors (Lipinski definition) is 1. The molecule has 1 aromatic carbocycles. The topological polar surface area (TPSA) is 38.3 Å². The summed E-state index contributed by atoms with van der Waals surface area (Å²) in [5.74, 6) is 6.26. The van der Waals surface area contributed by atoms with Crippen LogP contribution < -0.4 is 5.32 Å². The molecule has 0 aliphatic rings. The van der Waals surface area contributed by atoms with E-state index in [1.807, 2.05) is 26.8 Å². The standard InChI is InChI=1S/C19H26ClNO2/c1-5-6-7-8-9-10-11-15-12-13-16(20)14-17(15)21-18(22)23-19(2,3)4/h12-14H,5-9H2,1-4H3,(H,21,22). The summed E-state index contributed by atoms with van der Waals surface area (Å²) in [7, 11) is 0. The van der Waals surface area contributed by atoms with E-state index in [4.69, 9.17) is 16.3 Å². The summed E-state index contributed by atoms with van der Waals surface area (Å²) in [6.07, 6.45) is 5.11. The quantitative estimate of drug-likeness (QED) is 0.528. The first-order valence-electron chi connectivity index (χ1n) is 8.10. The molecule has 0 atom stereocenters. The zero-order valence-electron chi connectivity index (χ0n) is 14.5. The molecule has 3 nitrogen and oxygen atoms in total. The summed E-state index contributed by atoms with van der Waals surface area (Å²) in [6, 6.07) is 5.27. The number of carbonyl (C=O) groups excluding carboxylic acids is 1. The highest BCUT2D eigenvalue weighted by Crippen LogP contribution is 2.21. The van der Waals surface area contributed by atoms with Gasteiger partial charge in [-0.2, -0.15) is 0 Å². The van der Waals surface area contributed by atoms with E-state index >= 15 is 0 Å². The van der Waals surface area contributed by atoms with E-state index < -0.39 is 11.7 Å². The van der Waals surface area contributed by atoms with Crippen LogP contribution in [0.1, 0.15) is 65.4 Å². The Balaban J connectivity index is 2.73. The molecule has 0 radical (unpaired) electrons. The molecule has 0 aliphatic carbocycles. The van der Waals surface area contributed by atoms with Crippen molar-refractivity contribution in [2.45, 2.75) is 65.4 Å². The minimum Gasteiger partial charge on any atom is -0.444 e. The Hall–Kier alpha value is -1.66. The van der Waals surface area contributed by atoms with Crippen LogP contribution in [0.25, 0.3) is 0 Å². The smallest absolute Gasteiger partial charge is 0.412 e. The van der Waals surface area contributed by atoms with Crippen molar-refractivity contribution < 1.29 is 9.53 Å². The summed E-state index contributed by atoms with van der Waals surface area (Å²) >= 11 is 6.01. The van der Waals surface area contributed by atoms with Gasteiger partial charge in [0.1, 0.15) is 5.60 Å². The SMILES string of the molecule is CCCCCCC#Cc1ccc(Cl)cc1NC(=O)OC(C)(C)C. The number of benzene rings is 1. The Labute approximate surface area is 144 Å². The Morgan fingerprint density at radius 2 is 2.00 bits per heavy atom. The maximum atomic E-state index is 11.9. The van der Waals surface area contributed by atoms with Gasteiger partial charge in [0.15, 0.2) is 0 Å². The molecule has 126 valence electrons. The van der Waals surface area contributed by atoms with E-state index in [2.05, 4.69) is 24.1 Å². The number of halogens is 1. The predicted molar refractivity (Wildman–Crippen MR) is 96.9 cm³/mol. The van der Waals surface area contributed by atoms with Gasteiger partial charge in [-0.05, 0) is 45.4 Å². The maximum absolute atomic E-state index is 11.9. The molecule has 1 amide bonds. The van der Waals surface area contributed by atoms with Crippen LogP contribution >= 0.6 is 11.6 Å². The molecule has 0 unspecified atom stereocenters. The molecule has 0 bridgehead atoms. The van der Waals surface area contributed by atoms with Gasteiger partial charge in [-0.3, -0.25) is 5.32 Å². The summed E-state index contributed by atoms with van der Waals surface area (Å²) in [5.41, 5.74) is 0.775. The first-order valence-corrected chi connectivity index (χ1v) is 8.48. The zero-order valence-corrected chi connectivity index (χ0v) is 15.2. The fourth-order valence-electron chi connectivity index (χ4n) is 1.94. The van der Waals surface area contributed by atoms with Gasteiger partial charge in [-0.1, -0.05) is 49.6 Å². The van der Waals surface area contributed by atoms with Crippen LogP contribution in [0.5, 0.6) is 0 Å². The van der Waals surface area contributed by atoms with E-state index in [0.717, 1.165) is 18.4 Å². The van der Waals surface area contributed by atoms with Crippen molar-refractivity contribution >= 4 is 23.4 Å². The van der Waals surface area contributed by atoms with Crippen LogP contribution in [-0.2, 0) is 4.74 Å². The average Bonchev–Trinajstić information content (AvgIpc) is 2.42. The lowest BCUT2D eigenvalue weighted by molar-refractivity contribution is 0.0636. The third-order valence-electron chi connectivity index (χ3n) is 3.00. The average molecular weight is 336 g/mol. The minimum absolute atomic E-state index is 0.509. The van der Waals surface area contributed by atoms with Gasteiger partial charge in [0.25, 0.3) is 0 Å². The molecule has 0 spiro atoms. The Morgan fingerprint density at radius 1 is 1.26 bits per heavy atom. The second-order valence-electron chi connectivity index (χ2n) is 6.43. The lowest BCUT2D eigenvalue weighted by atomic mass is 10.1. The third kappa shape index (κ3) is 8.52. The Morgan fingerprint density at radius 3 is 2.65 bits per heavy atom. The molecular formula is C19H26ClNO2. The predicted octanol–water partition coefficient (Wildman–Crippen LogP) is 6.01. The normalized spacial score (nSPS) is 10.7. The molecule has 4 heteroatoms. The van der Waals surface area contributed by atoms with Crippen LogP contribution in [0.15, 0.2) is 18.2 Å². The lowest BCUT2D eigenvalue weighted by Gasteiger charge is -2.20. The number of nitrogens with one attached hydrogen (secondary N) is 1. The minimum atomic E-state index is -0.548. The van der Waals surface area contributed by atoms with E-state index in [1.165, 1.54) is 19.3 Å². The molecule has 1 aromatic rings. The molecule has 0 heterocycles. The molecule has 23 heavy (non-hydrogen) atoms. The van der Waals surface area contributed by atoms with Gasteiger partial charge in [0.2, 0.25) is 0 Å². The van der Waals surface area contributed by atoms with Gasteiger partial charge in [-0.25, -0.2) is 4.79 Å². The van der Waals surface area contributed by atoms with Crippen LogP contribution in [0.3, 0.4) is 0 Å². The Bertz CT molecular complexity index is 579. The molecule has 0 aliphatic heterocycles. The van der Waals surface area contributed by atoms with Gasteiger partial charge in [-0.15, -0.1) is 0 Å². The highest BCUT2D eigenvalue weighted by molar-refractivity contribution is 6.31. The van der Waals surface area contributed by atoms with Crippen molar-refractivity contribution in [3.05, 3.63) is 28.8 Å². The summed E-state index contributed by atoms with van der Waals surface area (Å²) in [4.78, 5) is 11.9. The number of ether oxygens (including phenoxy) is 1. The number of amides is 1. The Kier molecular flexibility index (Phi) is 7.98. The van der Waals surface area contributed by atoms with E-state index in [-0.39, 0.29) is 0 Å². The lowest BCUT2D eigenvalue weighted by Crippen LogP contribution is -2.27. The number of unbranched alkanes of at least 4 members (excludes halogenated alkanes) is 4. The number of carbonyl (C=O) groups is 1. The van der Waals surface area contributed by atoms with Crippen molar-refractivity contribution in [2.24, 2.45) is 0 Å². The second-order valence-corrected chi connectivity index (χ2v) is 6.87. The molecular weight excluding hydrogens is 310 g/mol. The van der Waals surface area contributed by atoms with Crippen molar-refractivity contribution in [1.82, 2.24) is 0 Å². The summed E-state index contributed by atoms with van der Waals surface area (Å²) in [6.45, 7) is 7.65. The molecule has 0 aromatic heterocycles. The number of anilines is 1. The van der Waals surface area contributed by atoms with E-state index in [9.17, 15) is 4.79 Å². The van der Waals surface area contributed by atoms with Crippen molar-refractivity contribution in [3.8, 4) is 11.8 Å².